The Morgan fingerprint density at radius 2 is 2.30 bits per heavy atom. The summed E-state index contributed by atoms with van der Waals surface area (Å²) in [7, 11) is 0. The number of hydrogen-bond donors (Lipinski definition) is 1. The molecule has 2 atom stereocenters. The molecule has 1 saturated carbocycles. The molecule has 20 heavy (non-hydrogen) atoms. The number of fused-ring (bicyclic) bond motifs is 1. The topological polar surface area (TPSA) is 55.1 Å². The van der Waals surface area contributed by atoms with Gasteiger partial charge in [0.05, 0.1) is 16.8 Å². The standard InChI is InChI=1S/C15H18N2O2S/c1-2-5-10-8-13(10)17-12-7-4-3-6-11(12)16-15(17)20-9-14(18)19/h3-4,6-7,10,13H,2,5,8-9H2,1H3,(H,18,19). The molecule has 1 N–H and O–H groups in total. The molecule has 106 valence electrons. The highest BCUT2D eigenvalue weighted by molar-refractivity contribution is 7.99. The average molecular weight is 290 g/mol. The molecule has 0 saturated heterocycles. The quantitative estimate of drug-likeness (QED) is 0.826. The fourth-order valence-corrected chi connectivity index (χ4v) is 3.59. The molecule has 1 aliphatic rings. The van der Waals surface area contributed by atoms with Crippen LogP contribution in [0.25, 0.3) is 11.0 Å². The number of aromatic nitrogens is 2. The Bertz CT molecular complexity index is 638. The molecule has 2 unspecified atom stereocenters. The highest BCUT2D eigenvalue weighted by atomic mass is 32.2. The Hall–Kier alpha value is -1.49. The lowest BCUT2D eigenvalue weighted by Gasteiger charge is -2.07. The molecule has 1 aliphatic carbocycles. The van der Waals surface area contributed by atoms with Crippen LogP contribution in [-0.2, 0) is 4.79 Å². The summed E-state index contributed by atoms with van der Waals surface area (Å²) in [6.07, 6.45) is 3.63. The summed E-state index contributed by atoms with van der Waals surface area (Å²) in [6.45, 7) is 2.21. The maximum atomic E-state index is 10.8. The van der Waals surface area contributed by atoms with Crippen LogP contribution in [0.5, 0.6) is 0 Å². The Labute approximate surface area is 122 Å². The number of aliphatic carboxylic acids is 1. The van der Waals surface area contributed by atoms with E-state index >= 15 is 0 Å². The van der Waals surface area contributed by atoms with Gasteiger partial charge in [-0.15, -0.1) is 0 Å². The Balaban J connectivity index is 1.94. The van der Waals surface area contributed by atoms with Gasteiger partial charge in [0, 0.05) is 6.04 Å². The van der Waals surface area contributed by atoms with Crippen LogP contribution in [0, 0.1) is 5.92 Å². The van der Waals surface area contributed by atoms with E-state index in [4.69, 9.17) is 5.11 Å². The second-order valence-electron chi connectivity index (χ2n) is 5.29. The molecule has 1 fully saturated rings. The molecule has 0 spiro atoms. The number of para-hydroxylation sites is 2. The van der Waals surface area contributed by atoms with Crippen molar-refractivity contribution in [3.8, 4) is 0 Å². The van der Waals surface area contributed by atoms with Crippen molar-refractivity contribution < 1.29 is 9.90 Å². The number of hydrogen-bond acceptors (Lipinski definition) is 3. The lowest BCUT2D eigenvalue weighted by atomic mass is 10.2. The van der Waals surface area contributed by atoms with Crippen LogP contribution < -0.4 is 0 Å². The first kappa shape index (κ1) is 13.5. The number of thioether (sulfide) groups is 1. The van der Waals surface area contributed by atoms with E-state index in [0.29, 0.717) is 6.04 Å². The number of carboxylic acids is 1. The molecular weight excluding hydrogens is 272 g/mol. The van der Waals surface area contributed by atoms with Gasteiger partial charge in [-0.1, -0.05) is 37.2 Å². The molecule has 5 heteroatoms. The minimum atomic E-state index is -0.797. The third-order valence-corrected chi connectivity index (χ3v) is 4.70. The zero-order chi connectivity index (χ0) is 14.1. The van der Waals surface area contributed by atoms with Crippen molar-refractivity contribution in [2.24, 2.45) is 5.92 Å². The normalized spacial score (nSPS) is 21.2. The first-order valence-corrected chi connectivity index (χ1v) is 8.00. The number of nitrogens with zero attached hydrogens (tertiary/aromatic N) is 2. The molecular formula is C15H18N2O2S. The van der Waals surface area contributed by atoms with Crippen LogP contribution >= 0.6 is 11.8 Å². The van der Waals surface area contributed by atoms with Gasteiger partial charge in [-0.3, -0.25) is 4.79 Å². The summed E-state index contributed by atoms with van der Waals surface area (Å²) in [4.78, 5) is 15.4. The van der Waals surface area contributed by atoms with Crippen molar-refractivity contribution >= 4 is 28.8 Å². The van der Waals surface area contributed by atoms with E-state index in [1.807, 2.05) is 18.2 Å². The lowest BCUT2D eigenvalue weighted by molar-refractivity contribution is -0.133. The molecule has 3 rings (SSSR count). The van der Waals surface area contributed by atoms with E-state index in [0.717, 1.165) is 22.1 Å². The van der Waals surface area contributed by atoms with Crippen molar-refractivity contribution in [3.63, 3.8) is 0 Å². The van der Waals surface area contributed by atoms with E-state index in [2.05, 4.69) is 22.5 Å². The zero-order valence-electron chi connectivity index (χ0n) is 11.5. The molecule has 0 amide bonds. The van der Waals surface area contributed by atoms with E-state index in [1.165, 1.54) is 31.0 Å². The molecule has 0 aliphatic heterocycles. The Kier molecular flexibility index (Phi) is 3.70. The zero-order valence-corrected chi connectivity index (χ0v) is 12.3. The summed E-state index contributed by atoms with van der Waals surface area (Å²) in [6, 6.07) is 8.56. The van der Waals surface area contributed by atoms with E-state index in [9.17, 15) is 4.79 Å². The smallest absolute Gasteiger partial charge is 0.313 e. The van der Waals surface area contributed by atoms with Gasteiger partial charge in [-0.2, -0.15) is 0 Å². The third kappa shape index (κ3) is 2.54. The van der Waals surface area contributed by atoms with E-state index in [1.54, 1.807) is 0 Å². The average Bonchev–Trinajstić information content (AvgIpc) is 3.07. The fourth-order valence-electron chi connectivity index (χ4n) is 2.80. The molecule has 0 bridgehead atoms. The third-order valence-electron chi connectivity index (χ3n) is 3.76. The molecule has 0 radical (unpaired) electrons. The summed E-state index contributed by atoms with van der Waals surface area (Å²) >= 11 is 1.32. The van der Waals surface area contributed by atoms with Gasteiger partial charge < -0.3 is 9.67 Å². The van der Waals surface area contributed by atoms with Crippen LogP contribution in [0.3, 0.4) is 0 Å². The molecule has 1 aromatic heterocycles. The number of rotatable bonds is 6. The second-order valence-corrected chi connectivity index (χ2v) is 6.23. The van der Waals surface area contributed by atoms with Gasteiger partial charge in [-0.25, -0.2) is 4.98 Å². The largest absolute Gasteiger partial charge is 0.481 e. The second kappa shape index (κ2) is 5.48. The minimum Gasteiger partial charge on any atom is -0.481 e. The summed E-state index contributed by atoms with van der Waals surface area (Å²) in [5.74, 6) is -0.00890. The number of imidazole rings is 1. The number of carboxylic acid groups (broad SMARTS) is 1. The van der Waals surface area contributed by atoms with Gasteiger partial charge in [-0.05, 0) is 30.9 Å². The SMILES string of the molecule is CCCC1CC1n1c(SCC(=O)O)nc2ccccc21. The van der Waals surface area contributed by atoms with Gasteiger partial charge >= 0.3 is 5.97 Å². The number of carbonyl (C=O) groups is 1. The lowest BCUT2D eigenvalue weighted by Crippen LogP contribution is -2.03. The summed E-state index contributed by atoms with van der Waals surface area (Å²) in [5.41, 5.74) is 2.09. The summed E-state index contributed by atoms with van der Waals surface area (Å²) < 4.78 is 2.25. The van der Waals surface area contributed by atoms with Crippen LogP contribution in [-0.4, -0.2) is 26.4 Å². The maximum absolute atomic E-state index is 10.8. The molecule has 1 heterocycles. The van der Waals surface area contributed by atoms with Gasteiger partial charge in [0.15, 0.2) is 5.16 Å². The predicted octanol–water partition coefficient (Wildman–Crippen LogP) is 3.57. The van der Waals surface area contributed by atoms with Crippen molar-refractivity contribution in [1.82, 2.24) is 9.55 Å². The van der Waals surface area contributed by atoms with Crippen molar-refractivity contribution in [2.45, 2.75) is 37.4 Å². The highest BCUT2D eigenvalue weighted by Crippen LogP contribution is 2.49. The van der Waals surface area contributed by atoms with Crippen LogP contribution in [0.15, 0.2) is 29.4 Å². The monoisotopic (exact) mass is 290 g/mol. The van der Waals surface area contributed by atoms with E-state index in [-0.39, 0.29) is 5.75 Å². The van der Waals surface area contributed by atoms with Crippen LogP contribution in [0.2, 0.25) is 0 Å². The van der Waals surface area contributed by atoms with Crippen LogP contribution in [0.4, 0.5) is 0 Å². The minimum absolute atomic E-state index is 0.0640. The fraction of sp³-hybridized carbons (Fsp3) is 0.467. The first-order chi connectivity index (χ1) is 9.70. The van der Waals surface area contributed by atoms with Gasteiger partial charge in [0.25, 0.3) is 0 Å². The molecule has 1 aromatic carbocycles. The maximum Gasteiger partial charge on any atom is 0.313 e. The van der Waals surface area contributed by atoms with Gasteiger partial charge in [0.1, 0.15) is 0 Å². The van der Waals surface area contributed by atoms with Crippen molar-refractivity contribution in [3.05, 3.63) is 24.3 Å². The first-order valence-electron chi connectivity index (χ1n) is 7.02. The van der Waals surface area contributed by atoms with E-state index < -0.39 is 5.97 Å². The molecule has 2 aromatic rings. The Morgan fingerprint density at radius 1 is 1.50 bits per heavy atom. The summed E-state index contributed by atoms with van der Waals surface area (Å²) in [5, 5.41) is 9.72. The Morgan fingerprint density at radius 3 is 3.05 bits per heavy atom. The molecule has 4 nitrogen and oxygen atoms in total. The predicted molar refractivity (Wildman–Crippen MR) is 80.1 cm³/mol. The highest BCUT2D eigenvalue weighted by Gasteiger charge is 2.39. The van der Waals surface area contributed by atoms with Crippen molar-refractivity contribution in [2.75, 3.05) is 5.75 Å². The van der Waals surface area contributed by atoms with Crippen molar-refractivity contribution in [1.29, 1.82) is 0 Å². The van der Waals surface area contributed by atoms with Gasteiger partial charge in [0.2, 0.25) is 0 Å². The number of benzene rings is 1. The van der Waals surface area contributed by atoms with Crippen LogP contribution in [0.1, 0.15) is 32.2 Å².